The Bertz CT molecular complexity index is 338. The molecule has 0 saturated carbocycles. The number of likely N-dealkylation sites (tertiary alicyclic amines) is 1. The van der Waals surface area contributed by atoms with Crippen LogP contribution in [0.15, 0.2) is 30.3 Å². The molecule has 114 valence electrons. The second-order valence-electron chi connectivity index (χ2n) is 5.48. The molecule has 2 nitrogen and oxygen atoms in total. The van der Waals surface area contributed by atoms with Gasteiger partial charge in [0.15, 0.2) is 0 Å². The van der Waals surface area contributed by atoms with Crippen LogP contribution < -0.4 is 0 Å². The lowest BCUT2D eigenvalue weighted by Gasteiger charge is -2.30. The van der Waals surface area contributed by atoms with Crippen molar-refractivity contribution in [2.24, 2.45) is 0 Å². The van der Waals surface area contributed by atoms with Gasteiger partial charge in [-0.15, -0.1) is 12.4 Å². The summed E-state index contributed by atoms with van der Waals surface area (Å²) in [6.45, 7) is 6.62. The Labute approximate surface area is 129 Å². The summed E-state index contributed by atoms with van der Waals surface area (Å²) in [6, 6.07) is 10.7. The highest BCUT2D eigenvalue weighted by atomic mass is 35.5. The lowest BCUT2D eigenvalue weighted by atomic mass is 10.1. The number of ether oxygens (including phenoxy) is 1. The van der Waals surface area contributed by atoms with Gasteiger partial charge in [-0.25, -0.2) is 0 Å². The topological polar surface area (TPSA) is 12.5 Å². The lowest BCUT2D eigenvalue weighted by molar-refractivity contribution is 0.0192. The minimum Gasteiger partial charge on any atom is -0.372 e. The standard InChI is InChI=1S/C17H27NO.ClH/c1-2-3-14-19-17(16-10-6-4-7-11-16)15-18-12-8-5-9-13-18;/h4,6-7,10-11,17H,2-3,5,8-9,12-15H2,1H3;1H. The van der Waals surface area contributed by atoms with Crippen molar-refractivity contribution in [3.05, 3.63) is 35.9 Å². The Hall–Kier alpha value is -0.570. The van der Waals surface area contributed by atoms with Crippen LogP contribution in [0.2, 0.25) is 0 Å². The van der Waals surface area contributed by atoms with E-state index in [1.807, 2.05) is 0 Å². The molecule has 2 rings (SSSR count). The van der Waals surface area contributed by atoms with Gasteiger partial charge in [0.05, 0.1) is 6.10 Å². The predicted octanol–water partition coefficient (Wildman–Crippen LogP) is 4.45. The van der Waals surface area contributed by atoms with Crippen molar-refractivity contribution in [2.75, 3.05) is 26.2 Å². The van der Waals surface area contributed by atoms with Crippen LogP contribution in [0.4, 0.5) is 0 Å². The van der Waals surface area contributed by atoms with Gasteiger partial charge in [0, 0.05) is 13.2 Å². The molecule has 0 radical (unpaired) electrons. The van der Waals surface area contributed by atoms with Gasteiger partial charge in [0.1, 0.15) is 0 Å². The number of unbranched alkanes of at least 4 members (excludes halogenated alkanes) is 1. The van der Waals surface area contributed by atoms with Crippen molar-refractivity contribution in [3.63, 3.8) is 0 Å². The Morgan fingerprint density at radius 3 is 2.45 bits per heavy atom. The van der Waals surface area contributed by atoms with E-state index < -0.39 is 0 Å². The molecule has 3 heteroatoms. The van der Waals surface area contributed by atoms with Crippen LogP contribution >= 0.6 is 12.4 Å². The Morgan fingerprint density at radius 1 is 1.10 bits per heavy atom. The van der Waals surface area contributed by atoms with Gasteiger partial charge in [-0.2, -0.15) is 0 Å². The fourth-order valence-electron chi connectivity index (χ4n) is 2.67. The number of piperidine rings is 1. The predicted molar refractivity (Wildman–Crippen MR) is 87.6 cm³/mol. The van der Waals surface area contributed by atoms with Gasteiger partial charge in [-0.05, 0) is 37.9 Å². The molecule has 1 saturated heterocycles. The minimum atomic E-state index is 0. The van der Waals surface area contributed by atoms with Crippen LogP contribution in [0.1, 0.15) is 50.7 Å². The molecule has 1 atom stereocenters. The summed E-state index contributed by atoms with van der Waals surface area (Å²) < 4.78 is 6.13. The van der Waals surface area contributed by atoms with E-state index in [0.717, 1.165) is 19.6 Å². The van der Waals surface area contributed by atoms with Crippen molar-refractivity contribution >= 4 is 12.4 Å². The molecule has 1 unspecified atom stereocenters. The zero-order valence-corrected chi connectivity index (χ0v) is 13.4. The van der Waals surface area contributed by atoms with Crippen molar-refractivity contribution < 1.29 is 4.74 Å². The number of nitrogens with zero attached hydrogens (tertiary/aromatic N) is 1. The zero-order chi connectivity index (χ0) is 13.3. The zero-order valence-electron chi connectivity index (χ0n) is 12.6. The highest BCUT2D eigenvalue weighted by molar-refractivity contribution is 5.85. The average Bonchev–Trinajstić information content (AvgIpc) is 2.48. The molecule has 1 aliphatic heterocycles. The summed E-state index contributed by atoms with van der Waals surface area (Å²) >= 11 is 0. The summed E-state index contributed by atoms with van der Waals surface area (Å²) in [5.74, 6) is 0. The maximum Gasteiger partial charge on any atom is 0.0951 e. The van der Waals surface area contributed by atoms with Gasteiger partial charge in [0.2, 0.25) is 0 Å². The van der Waals surface area contributed by atoms with Crippen LogP contribution in [0, 0.1) is 0 Å². The molecule has 0 bridgehead atoms. The molecule has 20 heavy (non-hydrogen) atoms. The van der Waals surface area contributed by atoms with Gasteiger partial charge >= 0.3 is 0 Å². The molecule has 0 amide bonds. The van der Waals surface area contributed by atoms with Gasteiger partial charge in [-0.1, -0.05) is 50.1 Å². The third kappa shape index (κ3) is 5.82. The van der Waals surface area contributed by atoms with Crippen molar-refractivity contribution in [1.29, 1.82) is 0 Å². The van der Waals surface area contributed by atoms with Gasteiger partial charge < -0.3 is 9.64 Å². The summed E-state index contributed by atoms with van der Waals surface area (Å²) in [5, 5.41) is 0. The molecular formula is C17H28ClNO. The normalized spacial score (nSPS) is 17.4. The first-order valence-corrected chi connectivity index (χ1v) is 7.79. The summed E-state index contributed by atoms with van der Waals surface area (Å²) in [6.07, 6.45) is 6.68. The van der Waals surface area contributed by atoms with Crippen molar-refractivity contribution in [1.82, 2.24) is 4.90 Å². The van der Waals surface area contributed by atoms with E-state index in [2.05, 4.69) is 42.2 Å². The maximum absolute atomic E-state index is 6.13. The highest BCUT2D eigenvalue weighted by Crippen LogP contribution is 2.21. The highest BCUT2D eigenvalue weighted by Gasteiger charge is 2.18. The van der Waals surface area contributed by atoms with Gasteiger partial charge in [-0.3, -0.25) is 0 Å². The second kappa shape index (κ2) is 10.2. The monoisotopic (exact) mass is 297 g/mol. The number of benzene rings is 1. The molecule has 0 spiro atoms. The fourth-order valence-corrected chi connectivity index (χ4v) is 2.67. The smallest absolute Gasteiger partial charge is 0.0951 e. The molecule has 0 aliphatic carbocycles. The van der Waals surface area contributed by atoms with E-state index in [1.54, 1.807) is 0 Å². The molecule has 1 heterocycles. The molecule has 1 aromatic carbocycles. The fraction of sp³-hybridized carbons (Fsp3) is 0.647. The largest absolute Gasteiger partial charge is 0.372 e. The quantitative estimate of drug-likeness (QED) is 0.689. The van der Waals surface area contributed by atoms with E-state index >= 15 is 0 Å². The number of halogens is 1. The van der Waals surface area contributed by atoms with Crippen LogP contribution in [-0.4, -0.2) is 31.1 Å². The lowest BCUT2D eigenvalue weighted by Crippen LogP contribution is -2.34. The molecule has 0 N–H and O–H groups in total. The maximum atomic E-state index is 6.13. The molecular weight excluding hydrogens is 270 g/mol. The van der Waals surface area contributed by atoms with E-state index in [9.17, 15) is 0 Å². The second-order valence-corrected chi connectivity index (χ2v) is 5.48. The van der Waals surface area contributed by atoms with Crippen LogP contribution in [0.3, 0.4) is 0 Å². The first-order chi connectivity index (χ1) is 9.40. The van der Waals surface area contributed by atoms with E-state index in [-0.39, 0.29) is 18.5 Å². The summed E-state index contributed by atoms with van der Waals surface area (Å²) in [7, 11) is 0. The molecule has 1 aliphatic rings. The van der Waals surface area contributed by atoms with Crippen LogP contribution in [0.25, 0.3) is 0 Å². The Morgan fingerprint density at radius 2 is 1.80 bits per heavy atom. The summed E-state index contributed by atoms with van der Waals surface area (Å²) in [4.78, 5) is 2.56. The molecule has 0 aromatic heterocycles. The molecule has 1 aromatic rings. The number of rotatable bonds is 7. The first kappa shape index (κ1) is 17.5. The van der Waals surface area contributed by atoms with Crippen LogP contribution in [-0.2, 0) is 4.74 Å². The first-order valence-electron chi connectivity index (χ1n) is 7.79. The summed E-state index contributed by atoms with van der Waals surface area (Å²) in [5.41, 5.74) is 1.32. The number of hydrogen-bond acceptors (Lipinski definition) is 2. The van der Waals surface area contributed by atoms with E-state index in [0.29, 0.717) is 0 Å². The van der Waals surface area contributed by atoms with Crippen LogP contribution in [0.5, 0.6) is 0 Å². The van der Waals surface area contributed by atoms with E-state index in [4.69, 9.17) is 4.74 Å². The third-order valence-electron chi connectivity index (χ3n) is 3.86. The van der Waals surface area contributed by atoms with E-state index in [1.165, 1.54) is 44.3 Å². The van der Waals surface area contributed by atoms with Crippen molar-refractivity contribution in [3.8, 4) is 0 Å². The Kier molecular flexibility index (Phi) is 8.92. The molecule has 1 fully saturated rings. The van der Waals surface area contributed by atoms with Crippen molar-refractivity contribution in [2.45, 2.75) is 45.1 Å². The van der Waals surface area contributed by atoms with Gasteiger partial charge in [0.25, 0.3) is 0 Å². The SMILES string of the molecule is CCCCOC(CN1CCCCC1)c1ccccc1.Cl. The Balaban J connectivity index is 0.00000200. The number of hydrogen-bond donors (Lipinski definition) is 0. The average molecular weight is 298 g/mol. The third-order valence-corrected chi connectivity index (χ3v) is 3.86. The minimum absolute atomic E-state index is 0.